The molecule has 0 atom stereocenters. The SMILES string of the molecule is Cc1ccc(NC(=O)CNCCCNS(C)(=O)=O)cc1. The standard InChI is InChI=1S/C13H21N3O3S/c1-11-4-6-12(7-5-11)16-13(17)10-14-8-3-9-15-20(2,18)19/h4-7,14-15H,3,8-10H2,1-2H3,(H,16,17). The Labute approximate surface area is 120 Å². The quantitative estimate of drug-likeness (QED) is 0.609. The second kappa shape index (κ2) is 7.98. The number of rotatable bonds is 8. The van der Waals surface area contributed by atoms with E-state index in [1.165, 1.54) is 0 Å². The Morgan fingerprint density at radius 1 is 1.15 bits per heavy atom. The zero-order valence-corrected chi connectivity index (χ0v) is 12.6. The Hall–Kier alpha value is -1.44. The number of aryl methyl sites for hydroxylation is 1. The van der Waals surface area contributed by atoms with Crippen LogP contribution in [0.5, 0.6) is 0 Å². The van der Waals surface area contributed by atoms with Crippen LogP contribution in [-0.2, 0) is 14.8 Å². The monoisotopic (exact) mass is 299 g/mol. The summed E-state index contributed by atoms with van der Waals surface area (Å²) >= 11 is 0. The summed E-state index contributed by atoms with van der Waals surface area (Å²) in [5.41, 5.74) is 1.90. The summed E-state index contributed by atoms with van der Waals surface area (Å²) < 4.78 is 24.0. The Morgan fingerprint density at radius 3 is 2.40 bits per heavy atom. The highest BCUT2D eigenvalue weighted by Crippen LogP contribution is 2.07. The zero-order valence-electron chi connectivity index (χ0n) is 11.8. The highest BCUT2D eigenvalue weighted by atomic mass is 32.2. The first kappa shape index (κ1) is 16.6. The van der Waals surface area contributed by atoms with Gasteiger partial charge in [-0.25, -0.2) is 13.1 Å². The van der Waals surface area contributed by atoms with E-state index in [2.05, 4.69) is 15.4 Å². The molecule has 0 fully saturated rings. The summed E-state index contributed by atoms with van der Waals surface area (Å²) in [6.07, 6.45) is 1.75. The fourth-order valence-corrected chi connectivity index (χ4v) is 2.03. The molecule has 0 aromatic heterocycles. The maximum Gasteiger partial charge on any atom is 0.238 e. The van der Waals surface area contributed by atoms with E-state index in [0.29, 0.717) is 19.5 Å². The number of hydrogen-bond donors (Lipinski definition) is 3. The third kappa shape index (κ3) is 7.88. The number of sulfonamides is 1. The average molecular weight is 299 g/mol. The molecule has 20 heavy (non-hydrogen) atoms. The normalized spacial score (nSPS) is 11.3. The fraction of sp³-hybridized carbons (Fsp3) is 0.462. The summed E-state index contributed by atoms with van der Waals surface area (Å²) in [7, 11) is -3.13. The van der Waals surface area contributed by atoms with Gasteiger partial charge in [0, 0.05) is 12.2 Å². The molecular formula is C13H21N3O3S. The third-order valence-corrected chi connectivity index (χ3v) is 3.24. The van der Waals surface area contributed by atoms with Gasteiger partial charge in [-0.05, 0) is 32.0 Å². The van der Waals surface area contributed by atoms with Crippen molar-refractivity contribution in [3.63, 3.8) is 0 Å². The predicted molar refractivity (Wildman–Crippen MR) is 80.1 cm³/mol. The average Bonchev–Trinajstić information content (AvgIpc) is 2.35. The van der Waals surface area contributed by atoms with Crippen LogP contribution in [-0.4, -0.2) is 40.2 Å². The number of carbonyl (C=O) groups is 1. The molecule has 0 unspecified atom stereocenters. The van der Waals surface area contributed by atoms with Gasteiger partial charge in [0.25, 0.3) is 0 Å². The summed E-state index contributed by atoms with van der Waals surface area (Å²) in [6, 6.07) is 7.56. The van der Waals surface area contributed by atoms with E-state index < -0.39 is 10.0 Å². The van der Waals surface area contributed by atoms with Gasteiger partial charge in [0.2, 0.25) is 15.9 Å². The van der Waals surface area contributed by atoms with Crippen LogP contribution in [0.3, 0.4) is 0 Å². The van der Waals surface area contributed by atoms with Crippen molar-refractivity contribution in [3.8, 4) is 0 Å². The molecule has 1 aromatic rings. The molecule has 1 amide bonds. The van der Waals surface area contributed by atoms with E-state index in [1.807, 2.05) is 31.2 Å². The van der Waals surface area contributed by atoms with Crippen LogP contribution in [0.1, 0.15) is 12.0 Å². The first-order valence-electron chi connectivity index (χ1n) is 6.39. The van der Waals surface area contributed by atoms with Crippen LogP contribution in [0, 0.1) is 6.92 Å². The molecule has 0 saturated heterocycles. The highest BCUT2D eigenvalue weighted by Gasteiger charge is 2.02. The minimum absolute atomic E-state index is 0.120. The molecule has 0 aliphatic rings. The van der Waals surface area contributed by atoms with Gasteiger partial charge >= 0.3 is 0 Å². The van der Waals surface area contributed by atoms with Gasteiger partial charge < -0.3 is 10.6 Å². The molecule has 112 valence electrons. The molecule has 0 aliphatic carbocycles. The summed E-state index contributed by atoms with van der Waals surface area (Å²) in [4.78, 5) is 11.6. The molecule has 0 saturated carbocycles. The van der Waals surface area contributed by atoms with Crippen molar-refractivity contribution in [2.24, 2.45) is 0 Å². The minimum atomic E-state index is -3.13. The molecular weight excluding hydrogens is 278 g/mol. The number of benzene rings is 1. The number of hydrogen-bond acceptors (Lipinski definition) is 4. The summed E-state index contributed by atoms with van der Waals surface area (Å²) in [5, 5.41) is 5.73. The van der Waals surface area contributed by atoms with Crippen LogP contribution in [0.15, 0.2) is 24.3 Å². The summed E-state index contributed by atoms with van der Waals surface area (Å²) in [6.45, 7) is 3.12. The zero-order chi connectivity index (χ0) is 15.0. The lowest BCUT2D eigenvalue weighted by Gasteiger charge is -2.07. The second-order valence-corrected chi connectivity index (χ2v) is 6.44. The van der Waals surface area contributed by atoms with Gasteiger partial charge in [0.15, 0.2) is 0 Å². The second-order valence-electron chi connectivity index (χ2n) is 4.61. The van der Waals surface area contributed by atoms with Crippen molar-refractivity contribution in [2.75, 3.05) is 31.2 Å². The molecule has 0 heterocycles. The van der Waals surface area contributed by atoms with E-state index in [9.17, 15) is 13.2 Å². The van der Waals surface area contributed by atoms with Gasteiger partial charge in [-0.15, -0.1) is 0 Å². The van der Waals surface area contributed by atoms with E-state index >= 15 is 0 Å². The molecule has 0 bridgehead atoms. The molecule has 7 heteroatoms. The molecule has 1 aromatic carbocycles. The van der Waals surface area contributed by atoms with Crippen LogP contribution in [0.2, 0.25) is 0 Å². The number of carbonyl (C=O) groups excluding carboxylic acids is 1. The Kier molecular flexibility index (Phi) is 6.63. The molecule has 6 nitrogen and oxygen atoms in total. The number of nitrogens with one attached hydrogen (secondary N) is 3. The van der Waals surface area contributed by atoms with E-state index in [1.54, 1.807) is 0 Å². The van der Waals surface area contributed by atoms with E-state index in [0.717, 1.165) is 17.5 Å². The smallest absolute Gasteiger partial charge is 0.238 e. The van der Waals surface area contributed by atoms with Crippen molar-refractivity contribution in [1.82, 2.24) is 10.0 Å². The van der Waals surface area contributed by atoms with Crippen LogP contribution in [0.25, 0.3) is 0 Å². The lowest BCUT2D eigenvalue weighted by molar-refractivity contribution is -0.115. The maximum atomic E-state index is 11.6. The van der Waals surface area contributed by atoms with Gasteiger partial charge in [-0.3, -0.25) is 4.79 Å². The van der Waals surface area contributed by atoms with Crippen molar-refractivity contribution < 1.29 is 13.2 Å². The number of anilines is 1. The first-order valence-corrected chi connectivity index (χ1v) is 8.28. The van der Waals surface area contributed by atoms with Crippen LogP contribution < -0.4 is 15.4 Å². The third-order valence-electron chi connectivity index (χ3n) is 2.52. The molecule has 3 N–H and O–H groups in total. The Balaban J connectivity index is 2.13. The molecule has 0 radical (unpaired) electrons. The predicted octanol–water partition coefficient (Wildman–Crippen LogP) is 0.462. The molecule has 0 spiro atoms. The molecule has 1 rings (SSSR count). The topological polar surface area (TPSA) is 87.3 Å². The van der Waals surface area contributed by atoms with Crippen molar-refractivity contribution in [3.05, 3.63) is 29.8 Å². The summed E-state index contributed by atoms with van der Waals surface area (Å²) in [5.74, 6) is -0.120. The largest absolute Gasteiger partial charge is 0.325 e. The number of amides is 1. The fourth-order valence-electron chi connectivity index (χ4n) is 1.51. The minimum Gasteiger partial charge on any atom is -0.325 e. The van der Waals surface area contributed by atoms with Crippen molar-refractivity contribution >= 4 is 21.6 Å². The van der Waals surface area contributed by atoms with Gasteiger partial charge in [0.05, 0.1) is 12.8 Å². The Bertz CT molecular complexity index is 526. The van der Waals surface area contributed by atoms with Gasteiger partial charge in [-0.2, -0.15) is 0 Å². The lowest BCUT2D eigenvalue weighted by atomic mass is 10.2. The van der Waals surface area contributed by atoms with Crippen molar-refractivity contribution in [1.29, 1.82) is 0 Å². The van der Waals surface area contributed by atoms with Gasteiger partial charge in [0.1, 0.15) is 0 Å². The first-order chi connectivity index (χ1) is 9.37. The molecule has 0 aliphatic heterocycles. The van der Waals surface area contributed by atoms with Gasteiger partial charge in [-0.1, -0.05) is 17.7 Å². The van der Waals surface area contributed by atoms with Crippen LogP contribution >= 0.6 is 0 Å². The Morgan fingerprint density at radius 2 is 1.80 bits per heavy atom. The highest BCUT2D eigenvalue weighted by molar-refractivity contribution is 7.88. The van der Waals surface area contributed by atoms with Crippen molar-refractivity contribution in [2.45, 2.75) is 13.3 Å². The lowest BCUT2D eigenvalue weighted by Crippen LogP contribution is -2.31. The van der Waals surface area contributed by atoms with E-state index in [-0.39, 0.29) is 12.5 Å². The maximum absolute atomic E-state index is 11.6. The van der Waals surface area contributed by atoms with E-state index in [4.69, 9.17) is 0 Å². The van der Waals surface area contributed by atoms with Crippen LogP contribution in [0.4, 0.5) is 5.69 Å².